The molecule has 184 valence electrons. The van der Waals surface area contributed by atoms with Crippen molar-refractivity contribution in [2.24, 2.45) is 0 Å². The lowest BCUT2D eigenvalue weighted by molar-refractivity contribution is 0.0497. The molecule has 2 heterocycles. The van der Waals surface area contributed by atoms with Crippen LogP contribution < -0.4 is 10.2 Å². The predicted molar refractivity (Wildman–Crippen MR) is 137 cm³/mol. The molecule has 1 N–H and O–H groups in total. The summed E-state index contributed by atoms with van der Waals surface area (Å²) in [5.41, 5.74) is 4.80. The van der Waals surface area contributed by atoms with Gasteiger partial charge in [0, 0.05) is 24.7 Å². The number of carbonyl (C=O) groups is 1. The van der Waals surface area contributed by atoms with Crippen LogP contribution in [0.15, 0.2) is 30.6 Å². The Morgan fingerprint density at radius 2 is 1.68 bits per heavy atom. The van der Waals surface area contributed by atoms with Crippen LogP contribution in [0, 0.1) is 0 Å². The second kappa shape index (κ2) is 8.86. The monoisotopic (exact) mass is 464 g/mol. The van der Waals surface area contributed by atoms with Gasteiger partial charge in [0.1, 0.15) is 11.4 Å². The first-order valence-corrected chi connectivity index (χ1v) is 12.6. The average Bonchev–Trinajstić information content (AvgIpc) is 2.76. The van der Waals surface area contributed by atoms with Crippen molar-refractivity contribution in [3.63, 3.8) is 0 Å². The number of benzene rings is 1. The van der Waals surface area contributed by atoms with Gasteiger partial charge < -0.3 is 15.0 Å². The second-order valence-electron chi connectivity index (χ2n) is 12.2. The summed E-state index contributed by atoms with van der Waals surface area (Å²) in [7, 11) is 0. The van der Waals surface area contributed by atoms with Crippen LogP contribution in [0.4, 0.5) is 10.6 Å². The summed E-state index contributed by atoms with van der Waals surface area (Å²) in [5, 5.41) is 3.00. The average molecular weight is 465 g/mol. The van der Waals surface area contributed by atoms with Crippen LogP contribution >= 0.6 is 0 Å². The topological polar surface area (TPSA) is 67.3 Å². The van der Waals surface area contributed by atoms with Gasteiger partial charge in [0.15, 0.2) is 0 Å². The lowest BCUT2D eigenvalue weighted by Crippen LogP contribution is -2.46. The number of aromatic nitrogens is 2. The van der Waals surface area contributed by atoms with Gasteiger partial charge in [-0.25, -0.2) is 9.78 Å². The number of fused-ring (bicyclic) bond motifs is 1. The van der Waals surface area contributed by atoms with E-state index in [1.54, 1.807) is 0 Å². The summed E-state index contributed by atoms with van der Waals surface area (Å²) in [4.78, 5) is 23.9. The summed E-state index contributed by atoms with van der Waals surface area (Å²) < 4.78 is 5.40. The molecule has 0 bridgehead atoms. The molecule has 6 nitrogen and oxygen atoms in total. The first-order chi connectivity index (χ1) is 15.8. The Hall–Kier alpha value is -2.63. The van der Waals surface area contributed by atoms with Gasteiger partial charge in [-0.2, -0.15) is 0 Å². The van der Waals surface area contributed by atoms with Crippen LogP contribution in [0.25, 0.3) is 11.3 Å². The maximum Gasteiger partial charge on any atom is 0.407 e. The van der Waals surface area contributed by atoms with Crippen molar-refractivity contribution in [2.45, 2.75) is 96.6 Å². The molecule has 0 radical (unpaired) electrons. The minimum Gasteiger partial charge on any atom is -0.444 e. The molecule has 6 heteroatoms. The molecule has 1 aromatic carbocycles. The van der Waals surface area contributed by atoms with Crippen molar-refractivity contribution in [3.05, 3.63) is 41.7 Å². The van der Waals surface area contributed by atoms with E-state index < -0.39 is 5.60 Å². The molecule has 1 saturated heterocycles. The second-order valence-corrected chi connectivity index (χ2v) is 12.2. The lowest BCUT2D eigenvalue weighted by atomic mass is 9.63. The molecular weight excluding hydrogens is 424 g/mol. The van der Waals surface area contributed by atoms with Crippen LogP contribution in [-0.2, 0) is 15.6 Å². The third kappa shape index (κ3) is 5.37. The highest BCUT2D eigenvalue weighted by molar-refractivity contribution is 5.68. The predicted octanol–water partition coefficient (Wildman–Crippen LogP) is 5.99. The number of hydrogen-bond donors (Lipinski definition) is 1. The first-order valence-electron chi connectivity index (χ1n) is 12.6. The van der Waals surface area contributed by atoms with Crippen molar-refractivity contribution in [3.8, 4) is 11.3 Å². The number of hydrogen-bond acceptors (Lipinski definition) is 5. The summed E-state index contributed by atoms with van der Waals surface area (Å²) in [6, 6.07) is 6.95. The molecule has 34 heavy (non-hydrogen) atoms. The Morgan fingerprint density at radius 3 is 2.32 bits per heavy atom. The standard InChI is InChI=1S/C28H40N4O2/c1-26(2,3)34-25(33)30-20-10-14-32(15-11-20)24-18-29-17-23(31-24)19-8-9-21-22(16-19)28(6,7)13-12-27(21,4)5/h8-9,16-18,20H,10-15H2,1-7H3,(H,30,33). The molecule has 2 aromatic rings. The fourth-order valence-corrected chi connectivity index (χ4v) is 5.12. The van der Waals surface area contributed by atoms with Gasteiger partial charge in [0.25, 0.3) is 0 Å². The summed E-state index contributed by atoms with van der Waals surface area (Å²) in [5.74, 6) is 0.894. The fraction of sp³-hybridized carbons (Fsp3) is 0.607. The van der Waals surface area contributed by atoms with Gasteiger partial charge in [-0.3, -0.25) is 4.98 Å². The van der Waals surface area contributed by atoms with E-state index in [4.69, 9.17) is 9.72 Å². The molecule has 1 aliphatic heterocycles. The third-order valence-electron chi connectivity index (χ3n) is 7.31. The highest BCUT2D eigenvalue weighted by Gasteiger charge is 2.37. The van der Waals surface area contributed by atoms with Gasteiger partial charge in [-0.15, -0.1) is 0 Å². The lowest BCUT2D eigenvalue weighted by Gasteiger charge is -2.42. The van der Waals surface area contributed by atoms with Crippen molar-refractivity contribution in [1.29, 1.82) is 0 Å². The number of rotatable bonds is 3. The maximum absolute atomic E-state index is 12.1. The van der Waals surface area contributed by atoms with Crippen LogP contribution in [-0.4, -0.2) is 40.8 Å². The largest absolute Gasteiger partial charge is 0.444 e. The van der Waals surface area contributed by atoms with E-state index in [0.717, 1.165) is 43.0 Å². The molecule has 0 atom stereocenters. The van der Waals surface area contributed by atoms with Crippen LogP contribution in [0.3, 0.4) is 0 Å². The molecule has 1 aromatic heterocycles. The molecule has 1 aliphatic carbocycles. The number of piperidine rings is 1. The summed E-state index contributed by atoms with van der Waals surface area (Å²) in [6.07, 6.45) is 7.47. The molecule has 1 fully saturated rings. The van der Waals surface area contributed by atoms with Crippen molar-refractivity contribution in [2.75, 3.05) is 18.0 Å². The highest BCUT2D eigenvalue weighted by atomic mass is 16.6. The van der Waals surface area contributed by atoms with Gasteiger partial charge >= 0.3 is 6.09 Å². The van der Waals surface area contributed by atoms with E-state index in [2.05, 4.69) is 61.1 Å². The maximum atomic E-state index is 12.1. The number of nitrogens with zero attached hydrogens (tertiary/aromatic N) is 3. The zero-order valence-corrected chi connectivity index (χ0v) is 21.9. The Kier molecular flexibility index (Phi) is 6.38. The minimum atomic E-state index is -0.484. The number of alkyl carbamates (subject to hydrolysis) is 1. The molecule has 0 spiro atoms. The number of anilines is 1. The van der Waals surface area contributed by atoms with Crippen LogP contribution in [0.5, 0.6) is 0 Å². The summed E-state index contributed by atoms with van der Waals surface area (Å²) in [6.45, 7) is 16.7. The Labute approximate surface area is 204 Å². The normalized spacial score (nSPS) is 19.9. The Balaban J connectivity index is 1.47. The third-order valence-corrected chi connectivity index (χ3v) is 7.31. The van der Waals surface area contributed by atoms with Gasteiger partial charge in [0.05, 0.1) is 18.1 Å². The van der Waals surface area contributed by atoms with Gasteiger partial charge in [-0.05, 0) is 74.5 Å². The number of amides is 1. The summed E-state index contributed by atoms with van der Waals surface area (Å²) >= 11 is 0. The quantitative estimate of drug-likeness (QED) is 0.605. The molecule has 2 aliphatic rings. The van der Waals surface area contributed by atoms with Crippen molar-refractivity contribution < 1.29 is 9.53 Å². The number of nitrogens with one attached hydrogen (secondary N) is 1. The number of ether oxygens (including phenoxy) is 1. The molecule has 0 unspecified atom stereocenters. The number of carbonyl (C=O) groups excluding carboxylic acids is 1. The highest BCUT2D eigenvalue weighted by Crippen LogP contribution is 2.46. The van der Waals surface area contributed by atoms with Gasteiger partial charge in [-0.1, -0.05) is 39.8 Å². The molecular formula is C28H40N4O2. The van der Waals surface area contributed by atoms with Crippen molar-refractivity contribution >= 4 is 11.9 Å². The Bertz CT molecular complexity index is 1050. The van der Waals surface area contributed by atoms with E-state index in [1.165, 1.54) is 24.0 Å². The zero-order chi connectivity index (χ0) is 24.7. The smallest absolute Gasteiger partial charge is 0.407 e. The molecule has 0 saturated carbocycles. The van der Waals surface area contributed by atoms with Crippen LogP contribution in [0.2, 0.25) is 0 Å². The van der Waals surface area contributed by atoms with Gasteiger partial charge in [0.2, 0.25) is 0 Å². The first kappa shape index (κ1) is 24.5. The van der Waals surface area contributed by atoms with E-state index in [1.807, 2.05) is 33.2 Å². The zero-order valence-electron chi connectivity index (χ0n) is 21.9. The Morgan fingerprint density at radius 1 is 1.03 bits per heavy atom. The van der Waals surface area contributed by atoms with E-state index >= 15 is 0 Å². The minimum absolute atomic E-state index is 0.119. The van der Waals surface area contributed by atoms with Crippen molar-refractivity contribution in [1.82, 2.24) is 15.3 Å². The van der Waals surface area contributed by atoms with E-state index in [0.29, 0.717) is 0 Å². The SMILES string of the molecule is CC(C)(C)OC(=O)NC1CCN(c2cncc(-c3ccc4c(c3)C(C)(C)CCC4(C)C)n2)CC1. The van der Waals surface area contributed by atoms with Crippen LogP contribution in [0.1, 0.15) is 85.3 Å². The molecule has 1 amide bonds. The molecule has 4 rings (SSSR count). The fourth-order valence-electron chi connectivity index (χ4n) is 5.12. The van der Waals surface area contributed by atoms with E-state index in [9.17, 15) is 4.79 Å². The van der Waals surface area contributed by atoms with E-state index in [-0.39, 0.29) is 23.0 Å².